The van der Waals surface area contributed by atoms with E-state index < -0.39 is 0 Å². The predicted octanol–water partition coefficient (Wildman–Crippen LogP) is 10.3. The molecule has 0 aliphatic carbocycles. The number of benzene rings is 7. The van der Waals surface area contributed by atoms with Gasteiger partial charge >= 0.3 is 0 Å². The second-order valence-electron chi connectivity index (χ2n) is 13.7. The van der Waals surface area contributed by atoms with Crippen molar-refractivity contribution in [2.24, 2.45) is 4.99 Å². The number of amidine groups is 1. The molecule has 10 rings (SSSR count). The molecule has 0 spiro atoms. The summed E-state index contributed by atoms with van der Waals surface area (Å²) < 4.78 is 2.37. The lowest BCUT2D eigenvalue weighted by Gasteiger charge is -2.37. The van der Waals surface area contributed by atoms with Crippen molar-refractivity contribution in [3.05, 3.63) is 199 Å². The smallest absolute Gasteiger partial charge is 0.131 e. The van der Waals surface area contributed by atoms with Crippen LogP contribution in [0.1, 0.15) is 17.3 Å². The van der Waals surface area contributed by atoms with Crippen molar-refractivity contribution in [1.82, 2.24) is 20.5 Å². The van der Waals surface area contributed by atoms with E-state index >= 15 is 0 Å². The number of para-hydroxylation sites is 1. The summed E-state index contributed by atoms with van der Waals surface area (Å²) in [5.41, 5.74) is 9.28. The van der Waals surface area contributed by atoms with Gasteiger partial charge in [0.1, 0.15) is 24.0 Å². The second-order valence-corrected chi connectivity index (χ2v) is 13.7. The van der Waals surface area contributed by atoms with E-state index in [1.165, 1.54) is 54.8 Å². The molecule has 1 aromatic heterocycles. The molecule has 8 aromatic rings. The Balaban J connectivity index is 1.01. The van der Waals surface area contributed by atoms with Gasteiger partial charge in [-0.1, -0.05) is 170 Å². The minimum absolute atomic E-state index is 0.0770. The SMILES string of the molecule is C1=CC(C2NC(c3ccc(-c4ccccc4)cc3)=NC(c3ccc(-c4ccccc4)cc3)N2)NC(n2c3ccccc3c3c4ccccc4ccc32)=C1. The maximum Gasteiger partial charge on any atom is 0.131 e. The lowest BCUT2D eigenvalue weighted by molar-refractivity contribution is 0.354. The van der Waals surface area contributed by atoms with E-state index in [0.29, 0.717) is 0 Å². The van der Waals surface area contributed by atoms with Crippen LogP contribution < -0.4 is 16.0 Å². The molecule has 3 unspecified atom stereocenters. The first-order valence-electron chi connectivity index (χ1n) is 18.2. The lowest BCUT2D eigenvalue weighted by Crippen LogP contribution is -2.60. The highest BCUT2D eigenvalue weighted by molar-refractivity contribution is 6.21. The zero-order valence-corrected chi connectivity index (χ0v) is 29.0. The second kappa shape index (κ2) is 13.1. The van der Waals surface area contributed by atoms with Crippen molar-refractivity contribution in [3.8, 4) is 22.3 Å². The van der Waals surface area contributed by atoms with Crippen LogP contribution in [-0.2, 0) is 0 Å². The Morgan fingerprint density at radius 2 is 1.09 bits per heavy atom. The minimum Gasteiger partial charge on any atom is -0.361 e. The van der Waals surface area contributed by atoms with Crippen LogP contribution >= 0.6 is 0 Å². The number of rotatable bonds is 6. The van der Waals surface area contributed by atoms with Gasteiger partial charge in [-0.2, -0.15) is 0 Å². The van der Waals surface area contributed by atoms with Crippen molar-refractivity contribution in [2.75, 3.05) is 0 Å². The lowest BCUT2D eigenvalue weighted by atomic mass is 10.0. The van der Waals surface area contributed by atoms with Crippen molar-refractivity contribution in [3.63, 3.8) is 0 Å². The number of aliphatic imine (C=N–C) groups is 1. The Kier molecular flexibility index (Phi) is 7.70. The summed E-state index contributed by atoms with van der Waals surface area (Å²) in [5.74, 6) is 1.89. The molecule has 3 atom stereocenters. The quantitative estimate of drug-likeness (QED) is 0.164. The summed E-state index contributed by atoms with van der Waals surface area (Å²) in [5, 5.41) is 16.6. The Morgan fingerprint density at radius 3 is 1.83 bits per heavy atom. The van der Waals surface area contributed by atoms with Crippen LogP contribution in [0.25, 0.3) is 60.7 Å². The third-order valence-corrected chi connectivity index (χ3v) is 10.5. The Hall–Kier alpha value is -6.69. The predicted molar refractivity (Wildman–Crippen MR) is 220 cm³/mol. The summed E-state index contributed by atoms with van der Waals surface area (Å²) in [6.07, 6.45) is 6.17. The molecule has 0 bridgehead atoms. The van der Waals surface area contributed by atoms with Crippen LogP contribution in [0, 0.1) is 0 Å². The number of nitrogens with zero attached hydrogens (tertiary/aromatic N) is 2. The van der Waals surface area contributed by atoms with Gasteiger partial charge in [-0.3, -0.25) is 9.88 Å². The number of fused-ring (bicyclic) bond motifs is 5. The fourth-order valence-electron chi connectivity index (χ4n) is 7.89. The van der Waals surface area contributed by atoms with E-state index in [2.05, 4.69) is 209 Å². The molecule has 5 heteroatoms. The molecule has 5 nitrogen and oxygen atoms in total. The van der Waals surface area contributed by atoms with Gasteiger partial charge in [-0.15, -0.1) is 0 Å². The molecule has 2 aliphatic heterocycles. The van der Waals surface area contributed by atoms with Gasteiger partial charge in [-0.25, -0.2) is 4.99 Å². The number of dihydropyridines is 1. The first-order chi connectivity index (χ1) is 26.3. The number of hydrogen-bond acceptors (Lipinski definition) is 4. The van der Waals surface area contributed by atoms with E-state index in [9.17, 15) is 0 Å². The highest BCUT2D eigenvalue weighted by Gasteiger charge is 2.31. The minimum atomic E-state index is -0.251. The molecule has 7 aromatic carbocycles. The molecule has 254 valence electrons. The standard InChI is InChI=1S/C48H37N5/c1-3-12-32(13-4-1)34-22-26-37(27-23-34)46-50-47(38-28-24-35(25-29-38)33-14-5-2-6-15-33)52-48(51-46)41-19-11-21-44(49-41)53-42-20-10-9-18-40(42)45-39-17-8-7-16-36(39)30-31-43(45)53/h1-31,41,46,48-49,51H,(H,50,52). The summed E-state index contributed by atoms with van der Waals surface area (Å²) in [6.45, 7) is 0. The molecule has 53 heavy (non-hydrogen) atoms. The van der Waals surface area contributed by atoms with Gasteiger partial charge < -0.3 is 10.6 Å². The molecule has 3 heterocycles. The highest BCUT2D eigenvalue weighted by Crippen LogP contribution is 2.37. The van der Waals surface area contributed by atoms with E-state index in [4.69, 9.17) is 4.99 Å². The van der Waals surface area contributed by atoms with Gasteiger partial charge in [-0.05, 0) is 56.8 Å². The van der Waals surface area contributed by atoms with Gasteiger partial charge in [0.2, 0.25) is 0 Å². The average molecular weight is 684 g/mol. The van der Waals surface area contributed by atoms with Gasteiger partial charge in [0.05, 0.1) is 17.1 Å². The van der Waals surface area contributed by atoms with Crippen molar-refractivity contribution in [2.45, 2.75) is 18.4 Å². The van der Waals surface area contributed by atoms with Crippen LogP contribution in [0.5, 0.6) is 0 Å². The van der Waals surface area contributed by atoms with Gasteiger partial charge in [0.15, 0.2) is 0 Å². The van der Waals surface area contributed by atoms with Crippen LogP contribution in [-0.4, -0.2) is 22.6 Å². The molecule has 0 fully saturated rings. The summed E-state index contributed by atoms with van der Waals surface area (Å²) in [7, 11) is 0. The van der Waals surface area contributed by atoms with Crippen molar-refractivity contribution < 1.29 is 0 Å². The van der Waals surface area contributed by atoms with Crippen molar-refractivity contribution in [1.29, 1.82) is 0 Å². The Morgan fingerprint density at radius 1 is 0.491 bits per heavy atom. The monoisotopic (exact) mass is 683 g/mol. The van der Waals surface area contributed by atoms with E-state index in [1.807, 2.05) is 0 Å². The topological polar surface area (TPSA) is 53.4 Å². The van der Waals surface area contributed by atoms with Gasteiger partial charge in [0.25, 0.3) is 0 Å². The number of nitrogens with one attached hydrogen (secondary N) is 3. The highest BCUT2D eigenvalue weighted by atomic mass is 15.3. The number of aromatic nitrogens is 1. The van der Waals surface area contributed by atoms with E-state index in [-0.39, 0.29) is 18.4 Å². The Labute approximate surface area is 308 Å². The molecular weight excluding hydrogens is 647 g/mol. The third kappa shape index (κ3) is 5.68. The van der Waals surface area contributed by atoms with Crippen LogP contribution in [0.2, 0.25) is 0 Å². The first kappa shape index (κ1) is 31.1. The molecule has 3 N–H and O–H groups in total. The third-order valence-electron chi connectivity index (χ3n) is 10.5. The maximum absolute atomic E-state index is 5.27. The van der Waals surface area contributed by atoms with Crippen LogP contribution in [0.4, 0.5) is 0 Å². The molecule has 0 amide bonds. The van der Waals surface area contributed by atoms with Crippen LogP contribution in [0.15, 0.2) is 193 Å². The van der Waals surface area contributed by atoms with Crippen LogP contribution in [0.3, 0.4) is 0 Å². The zero-order chi connectivity index (χ0) is 35.1. The fourth-order valence-corrected chi connectivity index (χ4v) is 7.89. The largest absolute Gasteiger partial charge is 0.361 e. The van der Waals surface area contributed by atoms with Crippen molar-refractivity contribution >= 4 is 44.2 Å². The Bertz CT molecular complexity index is 2690. The summed E-state index contributed by atoms with van der Waals surface area (Å²) in [6, 6.07) is 60.3. The summed E-state index contributed by atoms with van der Waals surface area (Å²) in [4.78, 5) is 5.27. The fraction of sp³-hybridized carbons (Fsp3) is 0.0625. The average Bonchev–Trinajstić information content (AvgIpc) is 3.59. The molecule has 0 saturated heterocycles. The molecule has 0 radical (unpaired) electrons. The molecule has 0 saturated carbocycles. The molecular formula is C48H37N5. The molecule has 2 aliphatic rings. The normalized spacial score (nSPS) is 18.4. The number of allylic oxidation sites excluding steroid dienone is 2. The maximum atomic E-state index is 5.27. The van der Waals surface area contributed by atoms with Gasteiger partial charge in [0, 0.05) is 16.3 Å². The van der Waals surface area contributed by atoms with E-state index in [0.717, 1.165) is 22.8 Å². The zero-order valence-electron chi connectivity index (χ0n) is 29.0. The number of hydrogen-bond donors (Lipinski definition) is 3. The summed E-state index contributed by atoms with van der Waals surface area (Å²) >= 11 is 0. The van der Waals surface area contributed by atoms with E-state index in [1.54, 1.807) is 0 Å². The first-order valence-corrected chi connectivity index (χ1v) is 18.2.